The number of primary amides is 1. The van der Waals surface area contributed by atoms with Crippen molar-refractivity contribution in [3.8, 4) is 0 Å². The Labute approximate surface area is 100 Å². The lowest BCUT2D eigenvalue weighted by atomic mass is 9.98. The molecule has 5 nitrogen and oxygen atoms in total. The van der Waals surface area contributed by atoms with Gasteiger partial charge in [0, 0.05) is 5.69 Å². The summed E-state index contributed by atoms with van der Waals surface area (Å²) in [6, 6.07) is 5.03. The van der Waals surface area contributed by atoms with Crippen molar-refractivity contribution in [3.63, 3.8) is 0 Å². The Morgan fingerprint density at radius 3 is 2.59 bits per heavy atom. The van der Waals surface area contributed by atoms with Gasteiger partial charge in [0.15, 0.2) is 0 Å². The van der Waals surface area contributed by atoms with Crippen LogP contribution in [0.1, 0.15) is 30.6 Å². The van der Waals surface area contributed by atoms with E-state index in [9.17, 15) is 15.0 Å². The van der Waals surface area contributed by atoms with Crippen LogP contribution in [0.4, 0.5) is 5.69 Å². The molecule has 0 aromatic heterocycles. The van der Waals surface area contributed by atoms with E-state index in [1.807, 2.05) is 6.92 Å². The first-order chi connectivity index (χ1) is 7.95. The number of carbonyl (C=O) groups excluding carboxylic acids is 1. The van der Waals surface area contributed by atoms with E-state index in [1.165, 1.54) is 0 Å². The molecule has 1 aromatic carbocycles. The molecule has 94 valence electrons. The predicted molar refractivity (Wildman–Crippen MR) is 65.0 cm³/mol. The van der Waals surface area contributed by atoms with Gasteiger partial charge in [-0.2, -0.15) is 0 Å². The first-order valence-electron chi connectivity index (χ1n) is 5.48. The van der Waals surface area contributed by atoms with Gasteiger partial charge < -0.3 is 21.7 Å². The molecule has 0 radical (unpaired) electrons. The molecule has 1 rings (SSSR count). The Balaban J connectivity index is 2.88. The fourth-order valence-electron chi connectivity index (χ4n) is 1.66. The fraction of sp³-hybridized carbons (Fsp3) is 0.417. The topological polar surface area (TPSA) is 110 Å². The van der Waals surface area contributed by atoms with Crippen LogP contribution < -0.4 is 11.5 Å². The Kier molecular flexibility index (Phi) is 4.48. The molecule has 6 N–H and O–H groups in total. The summed E-state index contributed by atoms with van der Waals surface area (Å²) in [5.74, 6) is -0.650. The van der Waals surface area contributed by atoms with Gasteiger partial charge in [-0.3, -0.25) is 4.79 Å². The monoisotopic (exact) mass is 238 g/mol. The van der Waals surface area contributed by atoms with Crippen LogP contribution in [0.15, 0.2) is 18.2 Å². The van der Waals surface area contributed by atoms with E-state index in [2.05, 4.69) is 0 Å². The second-order valence-electron chi connectivity index (χ2n) is 3.99. The maximum atomic E-state index is 10.7. The van der Waals surface area contributed by atoms with Crippen molar-refractivity contribution in [3.05, 3.63) is 29.3 Å². The zero-order valence-corrected chi connectivity index (χ0v) is 9.76. The van der Waals surface area contributed by atoms with Crippen molar-refractivity contribution in [2.45, 2.75) is 32.0 Å². The molecular weight excluding hydrogens is 220 g/mol. The molecule has 2 unspecified atom stereocenters. The van der Waals surface area contributed by atoms with Gasteiger partial charge in [-0.25, -0.2) is 0 Å². The second-order valence-corrected chi connectivity index (χ2v) is 3.99. The second kappa shape index (κ2) is 5.65. The minimum absolute atomic E-state index is 0.271. The van der Waals surface area contributed by atoms with Crippen LogP contribution in [0, 0.1) is 0 Å². The lowest BCUT2D eigenvalue weighted by Gasteiger charge is -2.18. The highest BCUT2D eigenvalue weighted by atomic mass is 16.3. The largest absolute Gasteiger partial charge is 0.399 e. The van der Waals surface area contributed by atoms with E-state index >= 15 is 0 Å². The van der Waals surface area contributed by atoms with Crippen LogP contribution >= 0.6 is 0 Å². The Morgan fingerprint density at radius 2 is 2.06 bits per heavy atom. The third kappa shape index (κ3) is 3.44. The number of carbonyl (C=O) groups is 1. The predicted octanol–water partition coefficient (Wildman–Crippen LogP) is 0.101. The summed E-state index contributed by atoms with van der Waals surface area (Å²) in [6.45, 7) is 1.95. The molecular formula is C12H18N2O3. The van der Waals surface area contributed by atoms with Crippen LogP contribution in [0.25, 0.3) is 0 Å². The standard InChI is InChI=1S/C12H18N2O3/c1-2-7-5-8(3-4-9(7)13)12(17)10(15)6-11(14)16/h3-5,10,12,15,17H,2,6,13H2,1H3,(H2,14,16). The molecule has 5 heteroatoms. The highest BCUT2D eigenvalue weighted by molar-refractivity contribution is 5.74. The number of hydrogen-bond acceptors (Lipinski definition) is 4. The van der Waals surface area contributed by atoms with E-state index in [-0.39, 0.29) is 6.42 Å². The Morgan fingerprint density at radius 1 is 1.41 bits per heavy atom. The molecule has 0 saturated carbocycles. The van der Waals surface area contributed by atoms with E-state index < -0.39 is 18.1 Å². The molecule has 0 heterocycles. The number of nitrogen functional groups attached to an aromatic ring is 1. The average Bonchev–Trinajstić information content (AvgIpc) is 2.27. The van der Waals surface area contributed by atoms with Crippen molar-refractivity contribution in [1.82, 2.24) is 0 Å². The zero-order valence-electron chi connectivity index (χ0n) is 9.76. The van der Waals surface area contributed by atoms with Crippen LogP contribution in [0.2, 0.25) is 0 Å². The highest BCUT2D eigenvalue weighted by Gasteiger charge is 2.20. The van der Waals surface area contributed by atoms with E-state index in [4.69, 9.17) is 11.5 Å². The van der Waals surface area contributed by atoms with Gasteiger partial charge >= 0.3 is 0 Å². The molecule has 0 fully saturated rings. The van der Waals surface area contributed by atoms with Crippen LogP contribution in [-0.4, -0.2) is 22.2 Å². The third-order valence-corrected chi connectivity index (χ3v) is 2.66. The lowest BCUT2D eigenvalue weighted by Crippen LogP contribution is -2.25. The number of rotatable bonds is 5. The van der Waals surface area contributed by atoms with Gasteiger partial charge in [0.25, 0.3) is 0 Å². The maximum absolute atomic E-state index is 10.7. The summed E-state index contributed by atoms with van der Waals surface area (Å²) < 4.78 is 0. The molecule has 17 heavy (non-hydrogen) atoms. The van der Waals surface area contributed by atoms with Gasteiger partial charge in [-0.15, -0.1) is 0 Å². The highest BCUT2D eigenvalue weighted by Crippen LogP contribution is 2.23. The molecule has 1 aromatic rings. The Hall–Kier alpha value is -1.59. The molecule has 2 atom stereocenters. The molecule has 0 spiro atoms. The Bertz CT molecular complexity index is 407. The number of anilines is 1. The van der Waals surface area contributed by atoms with Crippen LogP contribution in [-0.2, 0) is 11.2 Å². The maximum Gasteiger partial charge on any atom is 0.220 e. The minimum Gasteiger partial charge on any atom is -0.399 e. The van der Waals surface area contributed by atoms with Crippen molar-refractivity contribution in [1.29, 1.82) is 0 Å². The van der Waals surface area contributed by atoms with Crippen LogP contribution in [0.3, 0.4) is 0 Å². The summed E-state index contributed by atoms with van der Waals surface area (Å²) in [7, 11) is 0. The van der Waals surface area contributed by atoms with Crippen molar-refractivity contribution >= 4 is 11.6 Å². The normalized spacial score (nSPS) is 14.3. The van der Waals surface area contributed by atoms with Crippen molar-refractivity contribution in [2.75, 3.05) is 5.73 Å². The summed E-state index contributed by atoms with van der Waals surface area (Å²) >= 11 is 0. The van der Waals surface area contributed by atoms with E-state index in [0.29, 0.717) is 11.3 Å². The van der Waals surface area contributed by atoms with Crippen molar-refractivity contribution in [2.24, 2.45) is 5.73 Å². The van der Waals surface area contributed by atoms with Gasteiger partial charge in [-0.1, -0.05) is 19.1 Å². The summed E-state index contributed by atoms with van der Waals surface area (Å²) in [5, 5.41) is 19.4. The van der Waals surface area contributed by atoms with E-state index in [1.54, 1.807) is 18.2 Å². The van der Waals surface area contributed by atoms with Gasteiger partial charge in [-0.05, 0) is 23.6 Å². The molecule has 0 aliphatic heterocycles. The lowest BCUT2D eigenvalue weighted by molar-refractivity contribution is -0.121. The average molecular weight is 238 g/mol. The number of aliphatic hydroxyl groups excluding tert-OH is 2. The molecule has 1 amide bonds. The number of aliphatic hydroxyl groups is 2. The first kappa shape index (κ1) is 13.5. The minimum atomic E-state index is -1.19. The summed E-state index contributed by atoms with van der Waals surface area (Å²) in [5.41, 5.74) is 12.8. The molecule has 0 bridgehead atoms. The summed E-state index contributed by atoms with van der Waals surface area (Å²) in [6.07, 6.45) is -1.86. The summed E-state index contributed by atoms with van der Waals surface area (Å²) in [4.78, 5) is 10.7. The third-order valence-electron chi connectivity index (χ3n) is 2.66. The molecule has 0 aliphatic carbocycles. The first-order valence-corrected chi connectivity index (χ1v) is 5.48. The number of hydrogen-bond donors (Lipinski definition) is 4. The number of nitrogens with two attached hydrogens (primary N) is 2. The van der Waals surface area contributed by atoms with E-state index in [0.717, 1.165) is 12.0 Å². The quantitative estimate of drug-likeness (QED) is 0.545. The smallest absolute Gasteiger partial charge is 0.220 e. The van der Waals surface area contributed by atoms with Gasteiger partial charge in [0.05, 0.1) is 12.5 Å². The number of amides is 1. The zero-order chi connectivity index (χ0) is 13.0. The number of benzene rings is 1. The van der Waals surface area contributed by atoms with Gasteiger partial charge in [0.2, 0.25) is 5.91 Å². The molecule has 0 saturated heterocycles. The SMILES string of the molecule is CCc1cc(C(O)C(O)CC(N)=O)ccc1N. The van der Waals surface area contributed by atoms with Gasteiger partial charge in [0.1, 0.15) is 6.10 Å². The van der Waals surface area contributed by atoms with Crippen LogP contribution in [0.5, 0.6) is 0 Å². The number of aryl methyl sites for hydroxylation is 1. The van der Waals surface area contributed by atoms with Crippen molar-refractivity contribution < 1.29 is 15.0 Å². The molecule has 0 aliphatic rings. The fourth-order valence-corrected chi connectivity index (χ4v) is 1.66.